The minimum Gasteiger partial charge on any atom is -0.282 e. The highest BCUT2D eigenvalue weighted by atomic mass is 79.9. The van der Waals surface area contributed by atoms with Crippen LogP contribution < -0.4 is 0 Å². The van der Waals surface area contributed by atoms with Crippen LogP contribution in [-0.2, 0) is 6.42 Å². The van der Waals surface area contributed by atoms with E-state index in [9.17, 15) is 0 Å². The lowest BCUT2D eigenvalue weighted by atomic mass is 10.1. The van der Waals surface area contributed by atoms with Crippen molar-refractivity contribution in [3.05, 3.63) is 62.9 Å². The van der Waals surface area contributed by atoms with Crippen LogP contribution in [0.5, 0.6) is 0 Å². The maximum Gasteiger partial charge on any atom is 0.0943 e. The minimum absolute atomic E-state index is 0.885. The Morgan fingerprint density at radius 2 is 2.00 bits per heavy atom. The topological polar surface area (TPSA) is 28.7 Å². The van der Waals surface area contributed by atoms with Gasteiger partial charge >= 0.3 is 0 Å². The zero-order chi connectivity index (χ0) is 12.4. The molecule has 3 aromatic rings. The summed E-state index contributed by atoms with van der Waals surface area (Å²) in [6.45, 7) is 0. The molecule has 1 N–H and O–H groups in total. The van der Waals surface area contributed by atoms with Crippen molar-refractivity contribution in [1.29, 1.82) is 0 Å². The van der Waals surface area contributed by atoms with Crippen molar-refractivity contribution in [1.82, 2.24) is 10.2 Å². The van der Waals surface area contributed by atoms with E-state index in [0.29, 0.717) is 0 Å². The number of benzene rings is 1. The van der Waals surface area contributed by atoms with Crippen molar-refractivity contribution < 1.29 is 0 Å². The fourth-order valence-electron chi connectivity index (χ4n) is 1.87. The number of hydrogen-bond acceptors (Lipinski definition) is 2. The van der Waals surface area contributed by atoms with Gasteiger partial charge in [-0.1, -0.05) is 30.3 Å². The van der Waals surface area contributed by atoms with Gasteiger partial charge in [0.2, 0.25) is 0 Å². The van der Waals surface area contributed by atoms with Gasteiger partial charge in [-0.25, -0.2) is 0 Å². The molecule has 0 fully saturated rings. The second-order valence-corrected chi connectivity index (χ2v) is 5.67. The molecule has 1 aromatic carbocycles. The minimum atomic E-state index is 0.885. The van der Waals surface area contributed by atoms with Crippen molar-refractivity contribution in [3.63, 3.8) is 0 Å². The predicted molar refractivity (Wildman–Crippen MR) is 78.8 cm³/mol. The lowest BCUT2D eigenvalue weighted by molar-refractivity contribution is 0.999. The average molecular weight is 319 g/mol. The molecule has 4 heteroatoms. The molecule has 0 radical (unpaired) electrons. The van der Waals surface area contributed by atoms with Crippen molar-refractivity contribution in [2.24, 2.45) is 0 Å². The van der Waals surface area contributed by atoms with Gasteiger partial charge < -0.3 is 0 Å². The Morgan fingerprint density at radius 1 is 1.17 bits per heavy atom. The van der Waals surface area contributed by atoms with Gasteiger partial charge in [-0.3, -0.25) is 5.10 Å². The molecule has 18 heavy (non-hydrogen) atoms. The quantitative estimate of drug-likeness (QED) is 0.757. The molecular weight excluding hydrogens is 308 g/mol. The van der Waals surface area contributed by atoms with Crippen LogP contribution >= 0.6 is 27.3 Å². The normalized spacial score (nSPS) is 10.7. The van der Waals surface area contributed by atoms with E-state index in [0.717, 1.165) is 27.8 Å². The molecule has 0 aliphatic carbocycles. The molecule has 2 nitrogen and oxygen atoms in total. The number of halogens is 1. The number of thiophene rings is 1. The van der Waals surface area contributed by atoms with Crippen molar-refractivity contribution in [2.45, 2.75) is 6.42 Å². The number of H-pyrrole nitrogens is 1. The summed E-state index contributed by atoms with van der Waals surface area (Å²) in [6.07, 6.45) is 0.885. The fourth-order valence-corrected chi connectivity index (χ4v) is 3.36. The second kappa shape index (κ2) is 5.08. The highest BCUT2D eigenvalue weighted by Gasteiger charge is 2.08. The summed E-state index contributed by atoms with van der Waals surface area (Å²) in [7, 11) is 0. The predicted octanol–water partition coefficient (Wildman–Crippen LogP) is 4.49. The van der Waals surface area contributed by atoms with Gasteiger partial charge in [0.15, 0.2) is 0 Å². The average Bonchev–Trinajstić information content (AvgIpc) is 2.99. The van der Waals surface area contributed by atoms with Crippen LogP contribution in [0.4, 0.5) is 0 Å². The Kier molecular flexibility index (Phi) is 3.30. The van der Waals surface area contributed by atoms with Crippen LogP contribution in [0.3, 0.4) is 0 Å². The number of rotatable bonds is 3. The largest absolute Gasteiger partial charge is 0.282 e. The van der Waals surface area contributed by atoms with Gasteiger partial charge in [0, 0.05) is 32.9 Å². The number of hydrogen-bond donors (Lipinski definition) is 1. The van der Waals surface area contributed by atoms with E-state index in [1.54, 1.807) is 11.3 Å². The van der Waals surface area contributed by atoms with Gasteiger partial charge in [0.1, 0.15) is 0 Å². The third-order valence-corrected chi connectivity index (χ3v) is 4.46. The Hall–Kier alpha value is -1.39. The molecule has 0 saturated carbocycles. The van der Waals surface area contributed by atoms with Gasteiger partial charge in [-0.15, -0.1) is 0 Å². The zero-order valence-electron chi connectivity index (χ0n) is 9.56. The van der Waals surface area contributed by atoms with Gasteiger partial charge in [-0.05, 0) is 27.6 Å². The molecular formula is C14H11BrN2S. The Balaban J connectivity index is 1.84. The molecule has 0 saturated heterocycles. The molecule has 3 rings (SSSR count). The van der Waals surface area contributed by atoms with E-state index >= 15 is 0 Å². The van der Waals surface area contributed by atoms with E-state index in [1.807, 2.05) is 6.07 Å². The number of aromatic nitrogens is 2. The van der Waals surface area contributed by atoms with E-state index < -0.39 is 0 Å². The zero-order valence-corrected chi connectivity index (χ0v) is 12.0. The van der Waals surface area contributed by atoms with Gasteiger partial charge in [0.05, 0.1) is 5.69 Å². The Labute approximate surface area is 118 Å². The molecule has 0 spiro atoms. The molecule has 2 aromatic heterocycles. The molecule has 2 heterocycles. The number of nitrogens with one attached hydrogen (secondary N) is 1. The van der Waals surface area contributed by atoms with Crippen molar-refractivity contribution >= 4 is 27.3 Å². The number of aromatic amines is 1. The van der Waals surface area contributed by atoms with Crippen LogP contribution in [0.25, 0.3) is 11.3 Å². The molecule has 0 bridgehead atoms. The number of nitrogens with zero attached hydrogens (tertiary/aromatic N) is 1. The maximum absolute atomic E-state index is 4.37. The molecule has 0 aliphatic rings. The SMILES string of the molecule is Brc1cscc1-c1cc(Cc2ccccc2)[nH]n1. The Morgan fingerprint density at radius 3 is 2.72 bits per heavy atom. The lowest BCUT2D eigenvalue weighted by Crippen LogP contribution is -1.86. The standard InChI is InChI=1S/C14H11BrN2S/c15-13-9-18-8-12(13)14-7-11(16-17-14)6-10-4-2-1-3-5-10/h1-5,7-9H,6H2,(H,16,17). The highest BCUT2D eigenvalue weighted by Crippen LogP contribution is 2.30. The highest BCUT2D eigenvalue weighted by molar-refractivity contribution is 9.10. The van der Waals surface area contributed by atoms with Crippen LogP contribution in [0.1, 0.15) is 11.3 Å². The molecule has 0 amide bonds. The van der Waals surface area contributed by atoms with Crippen molar-refractivity contribution in [3.8, 4) is 11.3 Å². The van der Waals surface area contributed by atoms with Crippen LogP contribution in [0, 0.1) is 0 Å². The first-order chi connectivity index (χ1) is 8.83. The van der Waals surface area contributed by atoms with Crippen LogP contribution in [0.2, 0.25) is 0 Å². The summed E-state index contributed by atoms with van der Waals surface area (Å²) in [5.41, 5.74) is 4.57. The fraction of sp³-hybridized carbons (Fsp3) is 0.0714. The van der Waals surface area contributed by atoms with Crippen LogP contribution in [-0.4, -0.2) is 10.2 Å². The smallest absolute Gasteiger partial charge is 0.0943 e. The maximum atomic E-state index is 4.37. The van der Waals surface area contributed by atoms with E-state index in [-0.39, 0.29) is 0 Å². The third kappa shape index (κ3) is 2.40. The van der Waals surface area contributed by atoms with E-state index in [4.69, 9.17) is 0 Å². The second-order valence-electron chi connectivity index (χ2n) is 4.07. The third-order valence-electron chi connectivity index (χ3n) is 2.76. The first-order valence-electron chi connectivity index (χ1n) is 5.63. The van der Waals surface area contributed by atoms with E-state index in [2.05, 4.69) is 67.2 Å². The lowest BCUT2D eigenvalue weighted by Gasteiger charge is -1.96. The summed E-state index contributed by atoms with van der Waals surface area (Å²) in [5.74, 6) is 0. The van der Waals surface area contributed by atoms with Crippen molar-refractivity contribution in [2.75, 3.05) is 0 Å². The van der Waals surface area contributed by atoms with Crippen LogP contribution in [0.15, 0.2) is 51.6 Å². The summed E-state index contributed by atoms with van der Waals surface area (Å²) >= 11 is 5.21. The summed E-state index contributed by atoms with van der Waals surface area (Å²) < 4.78 is 1.10. The molecule has 0 atom stereocenters. The van der Waals surface area contributed by atoms with Gasteiger partial charge in [-0.2, -0.15) is 16.4 Å². The van der Waals surface area contributed by atoms with Gasteiger partial charge in [0.25, 0.3) is 0 Å². The monoisotopic (exact) mass is 318 g/mol. The first-order valence-corrected chi connectivity index (χ1v) is 7.37. The Bertz CT molecular complexity index is 643. The van der Waals surface area contributed by atoms with E-state index in [1.165, 1.54) is 5.56 Å². The molecule has 0 unspecified atom stereocenters. The molecule has 0 aliphatic heterocycles. The first kappa shape index (κ1) is 11.7. The summed E-state index contributed by atoms with van der Waals surface area (Å²) in [6, 6.07) is 12.5. The summed E-state index contributed by atoms with van der Waals surface area (Å²) in [4.78, 5) is 0. The molecule has 90 valence electrons. The summed E-state index contributed by atoms with van der Waals surface area (Å²) in [5, 5.41) is 11.6.